The highest BCUT2D eigenvalue weighted by Gasteiger charge is 2.23. The first kappa shape index (κ1) is 17.5. The minimum atomic E-state index is 0.0835. The summed E-state index contributed by atoms with van der Waals surface area (Å²) in [6.45, 7) is 3.97. The van der Waals surface area contributed by atoms with Crippen LogP contribution < -0.4 is 0 Å². The van der Waals surface area contributed by atoms with Gasteiger partial charge in [0.2, 0.25) is 5.91 Å². The van der Waals surface area contributed by atoms with Crippen molar-refractivity contribution in [3.8, 4) is 18.4 Å². The molecule has 1 amide bonds. The van der Waals surface area contributed by atoms with E-state index in [1.54, 1.807) is 11.9 Å². The number of carbonyl (C=O) groups excluding carboxylic acids is 1. The van der Waals surface area contributed by atoms with E-state index in [0.29, 0.717) is 38.5 Å². The van der Waals surface area contributed by atoms with Crippen molar-refractivity contribution in [1.29, 1.82) is 5.26 Å². The molecule has 5 heteroatoms. The van der Waals surface area contributed by atoms with Crippen LogP contribution in [0.25, 0.3) is 0 Å². The molecule has 0 aliphatic carbocycles. The van der Waals surface area contributed by atoms with Gasteiger partial charge in [0.25, 0.3) is 0 Å². The Bertz CT molecular complexity index is 401. The Kier molecular flexibility index (Phi) is 7.82. The lowest BCUT2D eigenvalue weighted by Gasteiger charge is -2.36. The van der Waals surface area contributed by atoms with E-state index in [1.807, 2.05) is 0 Å². The zero-order chi connectivity index (χ0) is 15.7. The Morgan fingerprint density at radius 1 is 1.38 bits per heavy atom. The minimum absolute atomic E-state index is 0.0835. The number of nitriles is 1. The molecule has 1 rings (SSSR count). The van der Waals surface area contributed by atoms with Crippen LogP contribution in [0.2, 0.25) is 0 Å². The normalized spacial score (nSPS) is 16.4. The fourth-order valence-electron chi connectivity index (χ4n) is 2.64. The molecule has 0 saturated carbocycles. The lowest BCUT2D eigenvalue weighted by atomic mass is 10.0. The van der Waals surface area contributed by atoms with Crippen LogP contribution in [0.15, 0.2) is 0 Å². The average molecular weight is 290 g/mol. The second-order valence-corrected chi connectivity index (χ2v) is 5.68. The number of hydrogen-bond donors (Lipinski definition) is 0. The van der Waals surface area contributed by atoms with Gasteiger partial charge in [-0.3, -0.25) is 9.69 Å². The Morgan fingerprint density at radius 3 is 2.62 bits per heavy atom. The molecule has 0 N–H and O–H groups in total. The molecule has 0 radical (unpaired) electrons. The molecule has 1 aliphatic rings. The summed E-state index contributed by atoms with van der Waals surface area (Å²) in [6, 6.07) is 2.54. The molecule has 1 saturated heterocycles. The van der Waals surface area contributed by atoms with E-state index in [-0.39, 0.29) is 5.91 Å². The van der Waals surface area contributed by atoms with Gasteiger partial charge in [-0.2, -0.15) is 5.26 Å². The average Bonchev–Trinajstić information content (AvgIpc) is 2.49. The minimum Gasteiger partial charge on any atom is -0.345 e. The summed E-state index contributed by atoms with van der Waals surface area (Å²) in [7, 11) is 3.89. The van der Waals surface area contributed by atoms with Crippen molar-refractivity contribution in [3.63, 3.8) is 0 Å². The van der Waals surface area contributed by atoms with E-state index < -0.39 is 0 Å². The van der Waals surface area contributed by atoms with Crippen molar-refractivity contribution in [1.82, 2.24) is 14.7 Å². The summed E-state index contributed by atoms with van der Waals surface area (Å²) in [5, 5.41) is 8.55. The molecule has 21 heavy (non-hydrogen) atoms. The van der Waals surface area contributed by atoms with Crippen molar-refractivity contribution in [2.75, 3.05) is 46.8 Å². The van der Waals surface area contributed by atoms with Crippen molar-refractivity contribution in [2.45, 2.75) is 31.7 Å². The summed E-state index contributed by atoms with van der Waals surface area (Å²) < 4.78 is 0. The first-order chi connectivity index (χ1) is 10.1. The SMILES string of the molecule is C#CCN(CCC(=O)N(C)CCC#N)C1CCN(C)CC1. The van der Waals surface area contributed by atoms with Crippen molar-refractivity contribution >= 4 is 5.91 Å². The van der Waals surface area contributed by atoms with Crippen molar-refractivity contribution in [2.24, 2.45) is 0 Å². The maximum atomic E-state index is 12.0. The van der Waals surface area contributed by atoms with Gasteiger partial charge in [0.1, 0.15) is 0 Å². The van der Waals surface area contributed by atoms with Crippen LogP contribution in [-0.2, 0) is 4.79 Å². The molecular formula is C16H26N4O. The van der Waals surface area contributed by atoms with Gasteiger partial charge in [0.05, 0.1) is 19.0 Å². The topological polar surface area (TPSA) is 50.6 Å². The zero-order valence-electron chi connectivity index (χ0n) is 13.2. The van der Waals surface area contributed by atoms with Gasteiger partial charge >= 0.3 is 0 Å². The highest BCUT2D eigenvalue weighted by molar-refractivity contribution is 5.76. The summed E-state index contributed by atoms with van der Waals surface area (Å²) in [4.78, 5) is 18.2. The number of amides is 1. The number of piperidine rings is 1. The van der Waals surface area contributed by atoms with E-state index in [2.05, 4.69) is 28.8 Å². The molecule has 1 fully saturated rings. The van der Waals surface area contributed by atoms with Crippen LogP contribution in [0, 0.1) is 23.7 Å². The molecule has 0 aromatic rings. The van der Waals surface area contributed by atoms with E-state index in [0.717, 1.165) is 25.9 Å². The highest BCUT2D eigenvalue weighted by Crippen LogP contribution is 2.15. The second kappa shape index (κ2) is 9.39. The van der Waals surface area contributed by atoms with Crippen LogP contribution in [0.5, 0.6) is 0 Å². The number of hydrogen-bond acceptors (Lipinski definition) is 4. The number of rotatable bonds is 7. The van der Waals surface area contributed by atoms with E-state index in [1.165, 1.54) is 0 Å². The van der Waals surface area contributed by atoms with Crippen LogP contribution in [0.4, 0.5) is 0 Å². The highest BCUT2D eigenvalue weighted by atomic mass is 16.2. The fraction of sp³-hybridized carbons (Fsp3) is 0.750. The predicted molar refractivity (Wildman–Crippen MR) is 83.4 cm³/mol. The molecule has 0 aromatic carbocycles. The molecule has 5 nitrogen and oxygen atoms in total. The zero-order valence-corrected chi connectivity index (χ0v) is 13.2. The maximum Gasteiger partial charge on any atom is 0.223 e. The molecular weight excluding hydrogens is 264 g/mol. The lowest BCUT2D eigenvalue weighted by Crippen LogP contribution is -2.45. The first-order valence-electron chi connectivity index (χ1n) is 7.55. The first-order valence-corrected chi connectivity index (χ1v) is 7.55. The van der Waals surface area contributed by atoms with Gasteiger partial charge in [0, 0.05) is 32.6 Å². The van der Waals surface area contributed by atoms with Crippen LogP contribution in [0.3, 0.4) is 0 Å². The van der Waals surface area contributed by atoms with Crippen molar-refractivity contribution < 1.29 is 4.79 Å². The molecule has 1 heterocycles. The molecule has 0 unspecified atom stereocenters. The Balaban J connectivity index is 2.42. The molecule has 0 atom stereocenters. The molecule has 116 valence electrons. The number of nitrogens with zero attached hydrogens (tertiary/aromatic N) is 4. The van der Waals surface area contributed by atoms with Gasteiger partial charge in [-0.1, -0.05) is 5.92 Å². The molecule has 0 spiro atoms. The van der Waals surface area contributed by atoms with Gasteiger partial charge in [0.15, 0.2) is 0 Å². The number of carbonyl (C=O) groups is 1. The number of likely N-dealkylation sites (tertiary alicyclic amines) is 1. The van der Waals surface area contributed by atoms with Gasteiger partial charge in [-0.25, -0.2) is 0 Å². The van der Waals surface area contributed by atoms with E-state index in [4.69, 9.17) is 11.7 Å². The molecule has 1 aliphatic heterocycles. The van der Waals surface area contributed by atoms with Gasteiger partial charge < -0.3 is 9.80 Å². The third-order valence-corrected chi connectivity index (χ3v) is 4.10. The molecule has 0 bridgehead atoms. The Hall–Kier alpha value is -1.56. The largest absolute Gasteiger partial charge is 0.345 e. The van der Waals surface area contributed by atoms with E-state index in [9.17, 15) is 4.79 Å². The molecule has 0 aromatic heterocycles. The Labute approximate surface area is 128 Å². The van der Waals surface area contributed by atoms with Gasteiger partial charge in [-0.05, 0) is 33.0 Å². The van der Waals surface area contributed by atoms with Crippen molar-refractivity contribution in [3.05, 3.63) is 0 Å². The van der Waals surface area contributed by atoms with Crippen LogP contribution in [-0.4, -0.2) is 73.5 Å². The smallest absolute Gasteiger partial charge is 0.223 e. The summed E-state index contributed by atoms with van der Waals surface area (Å²) in [5.74, 6) is 2.79. The predicted octanol–water partition coefficient (Wildman–Crippen LogP) is 0.778. The third-order valence-electron chi connectivity index (χ3n) is 4.10. The van der Waals surface area contributed by atoms with Gasteiger partial charge in [-0.15, -0.1) is 6.42 Å². The lowest BCUT2D eigenvalue weighted by molar-refractivity contribution is -0.130. The maximum absolute atomic E-state index is 12.0. The monoisotopic (exact) mass is 290 g/mol. The fourth-order valence-corrected chi connectivity index (χ4v) is 2.64. The number of terminal acetylenes is 1. The van der Waals surface area contributed by atoms with Crippen LogP contribution in [0.1, 0.15) is 25.7 Å². The second-order valence-electron chi connectivity index (χ2n) is 5.68. The summed E-state index contributed by atoms with van der Waals surface area (Å²) >= 11 is 0. The standard InChI is InChI=1S/C16H26N4O/c1-4-10-20(15-6-12-18(2)13-7-15)14-8-16(21)19(3)11-5-9-17/h1,15H,5-8,10-14H2,2-3H3. The van der Waals surface area contributed by atoms with E-state index >= 15 is 0 Å². The quantitative estimate of drug-likeness (QED) is 0.650. The third kappa shape index (κ3) is 6.16. The summed E-state index contributed by atoms with van der Waals surface area (Å²) in [6.07, 6.45) is 8.53. The Morgan fingerprint density at radius 2 is 2.05 bits per heavy atom. The summed E-state index contributed by atoms with van der Waals surface area (Å²) in [5.41, 5.74) is 0. The van der Waals surface area contributed by atoms with Crippen LogP contribution >= 0.6 is 0 Å².